The number of nitrogens with one attached hydrogen (secondary N) is 3. The van der Waals surface area contributed by atoms with Gasteiger partial charge in [0.05, 0.1) is 12.6 Å². The molecule has 3 unspecified atom stereocenters. The molecule has 1 rings (SSSR count). The summed E-state index contributed by atoms with van der Waals surface area (Å²) in [6.45, 7) is 10.0. The van der Waals surface area contributed by atoms with Gasteiger partial charge in [0, 0.05) is 25.4 Å². The Morgan fingerprint density at radius 3 is 2.22 bits per heavy atom. The maximum atomic E-state index is 12.6. The number of ketones is 1. The smallest absolute Gasteiger partial charge is 0.338 e. The molecule has 0 spiro atoms. The molecule has 4 amide bonds. The van der Waals surface area contributed by atoms with E-state index < -0.39 is 66.4 Å². The van der Waals surface area contributed by atoms with Gasteiger partial charge in [0.15, 0.2) is 12.2 Å². The molecule has 1 fully saturated rings. The third-order valence-electron chi connectivity index (χ3n) is 5.75. The van der Waals surface area contributed by atoms with Crippen LogP contribution in [0.3, 0.4) is 0 Å². The maximum absolute atomic E-state index is 12.6. The second-order valence-corrected chi connectivity index (χ2v) is 8.97. The molecule has 1 saturated heterocycles. The fourth-order valence-electron chi connectivity index (χ4n) is 3.15. The standard InChI is InChI=1S/C23H40N6O8/c1-7-28(6)10-9-25-14(4)16(30)11-13(3)20(32)26-15(5)21(33)27-29(12-17(24)31)22(34)18-19(37-18)23(35)36-8-2/h13-15,18-19,25H,7-12H2,1-6H3,(H2,24,31)(H,26,32)(H,27,33)/t13-,14?,15+,18?,19?/m1/s1. The Hall–Kier alpha value is -3.10. The molecular weight excluding hydrogens is 488 g/mol. The van der Waals surface area contributed by atoms with Crippen molar-refractivity contribution in [1.82, 2.24) is 26.0 Å². The number of amides is 4. The summed E-state index contributed by atoms with van der Waals surface area (Å²) in [5.41, 5.74) is 7.38. The summed E-state index contributed by atoms with van der Waals surface area (Å²) < 4.78 is 9.79. The van der Waals surface area contributed by atoms with E-state index in [2.05, 4.69) is 21.0 Å². The van der Waals surface area contributed by atoms with Crippen LogP contribution in [0.4, 0.5) is 0 Å². The first-order valence-corrected chi connectivity index (χ1v) is 12.3. The Morgan fingerprint density at radius 1 is 1.00 bits per heavy atom. The lowest BCUT2D eigenvalue weighted by molar-refractivity contribution is -0.146. The van der Waals surface area contributed by atoms with Gasteiger partial charge in [-0.25, -0.2) is 9.80 Å². The Kier molecular flexibility index (Phi) is 13.1. The minimum atomic E-state index is -1.23. The van der Waals surface area contributed by atoms with E-state index in [0.717, 1.165) is 13.1 Å². The molecule has 0 saturated carbocycles. The lowest BCUT2D eigenvalue weighted by Gasteiger charge is -2.24. The van der Waals surface area contributed by atoms with Crippen LogP contribution in [0.2, 0.25) is 0 Å². The van der Waals surface area contributed by atoms with Crippen LogP contribution in [-0.2, 0) is 38.2 Å². The Labute approximate surface area is 216 Å². The quantitative estimate of drug-likeness (QED) is 0.0961. The summed E-state index contributed by atoms with van der Waals surface area (Å²) >= 11 is 0. The number of nitrogens with two attached hydrogens (primary N) is 1. The van der Waals surface area contributed by atoms with Crippen molar-refractivity contribution in [3.8, 4) is 0 Å². The number of Topliss-reactive ketones (excluding diaryl/α,β-unsaturated/α-hetero) is 1. The Balaban J connectivity index is 2.60. The lowest BCUT2D eigenvalue weighted by Crippen LogP contribution is -2.56. The van der Waals surface area contributed by atoms with Gasteiger partial charge in [0.25, 0.3) is 11.8 Å². The van der Waals surface area contributed by atoms with Crippen LogP contribution in [-0.4, -0.2) is 109 Å². The molecule has 37 heavy (non-hydrogen) atoms. The second-order valence-electron chi connectivity index (χ2n) is 8.97. The van der Waals surface area contributed by atoms with Gasteiger partial charge >= 0.3 is 5.97 Å². The number of carbonyl (C=O) groups excluding carboxylic acids is 6. The van der Waals surface area contributed by atoms with E-state index in [-0.39, 0.29) is 18.8 Å². The van der Waals surface area contributed by atoms with Gasteiger partial charge in [-0.2, -0.15) is 0 Å². The van der Waals surface area contributed by atoms with E-state index in [9.17, 15) is 28.8 Å². The molecule has 14 nitrogen and oxygen atoms in total. The average molecular weight is 529 g/mol. The first-order valence-electron chi connectivity index (χ1n) is 12.3. The summed E-state index contributed by atoms with van der Waals surface area (Å²) in [4.78, 5) is 75.4. The largest absolute Gasteiger partial charge is 0.464 e. The lowest BCUT2D eigenvalue weighted by atomic mass is 9.99. The average Bonchev–Trinajstić information content (AvgIpc) is 3.63. The maximum Gasteiger partial charge on any atom is 0.338 e. The van der Waals surface area contributed by atoms with Crippen molar-refractivity contribution in [3.05, 3.63) is 0 Å². The molecule has 5 atom stereocenters. The van der Waals surface area contributed by atoms with Crippen molar-refractivity contribution in [2.45, 2.75) is 65.3 Å². The fraction of sp³-hybridized carbons (Fsp3) is 0.739. The first-order chi connectivity index (χ1) is 17.3. The van der Waals surface area contributed by atoms with Gasteiger partial charge in [0.1, 0.15) is 18.4 Å². The highest BCUT2D eigenvalue weighted by molar-refractivity contribution is 5.96. The zero-order valence-corrected chi connectivity index (χ0v) is 22.4. The number of rotatable bonds is 16. The molecule has 1 aliphatic rings. The monoisotopic (exact) mass is 528 g/mol. The number of hydrogen-bond acceptors (Lipinski definition) is 10. The number of ether oxygens (including phenoxy) is 2. The molecule has 14 heteroatoms. The van der Waals surface area contributed by atoms with Crippen molar-refractivity contribution in [2.75, 3.05) is 39.8 Å². The van der Waals surface area contributed by atoms with Gasteiger partial charge in [-0.05, 0) is 34.4 Å². The predicted octanol–water partition coefficient (Wildman–Crippen LogP) is -2.31. The van der Waals surface area contributed by atoms with E-state index >= 15 is 0 Å². The van der Waals surface area contributed by atoms with Crippen molar-refractivity contribution < 1.29 is 38.2 Å². The number of nitrogens with zero attached hydrogens (tertiary/aromatic N) is 2. The van der Waals surface area contributed by atoms with E-state index in [1.807, 2.05) is 14.0 Å². The summed E-state index contributed by atoms with van der Waals surface area (Å²) in [5, 5.41) is 6.25. The summed E-state index contributed by atoms with van der Waals surface area (Å²) in [5.74, 6) is -4.73. The highest BCUT2D eigenvalue weighted by Gasteiger charge is 2.53. The molecular formula is C23H40N6O8. The fourth-order valence-corrected chi connectivity index (χ4v) is 3.15. The van der Waals surface area contributed by atoms with Gasteiger partial charge < -0.3 is 30.7 Å². The molecule has 0 bridgehead atoms. The third-order valence-corrected chi connectivity index (χ3v) is 5.75. The van der Waals surface area contributed by atoms with Gasteiger partial charge in [0.2, 0.25) is 11.8 Å². The summed E-state index contributed by atoms with van der Waals surface area (Å²) in [7, 11) is 1.97. The minimum Gasteiger partial charge on any atom is -0.464 e. The summed E-state index contributed by atoms with van der Waals surface area (Å²) in [6, 6.07) is -1.55. The third kappa shape index (κ3) is 10.8. The number of hydrogen-bond donors (Lipinski definition) is 4. The molecule has 1 heterocycles. The SMILES string of the molecule is CCOC(=O)C1OC1C(=O)N(CC(N)=O)NC(=O)[C@H](C)NC(=O)[C@H](C)CC(=O)C(C)NCCN(C)CC. The highest BCUT2D eigenvalue weighted by atomic mass is 16.6. The Morgan fingerprint density at radius 2 is 1.65 bits per heavy atom. The Bertz CT molecular complexity index is 853. The molecule has 0 aromatic rings. The molecule has 0 aliphatic carbocycles. The highest BCUT2D eigenvalue weighted by Crippen LogP contribution is 2.25. The van der Waals surface area contributed by atoms with E-state index in [1.54, 1.807) is 20.8 Å². The van der Waals surface area contributed by atoms with Crippen molar-refractivity contribution >= 4 is 35.4 Å². The minimum absolute atomic E-state index is 0.0293. The molecule has 210 valence electrons. The topological polar surface area (TPSA) is 193 Å². The number of carbonyl (C=O) groups is 6. The van der Waals surface area contributed by atoms with Crippen LogP contribution in [0, 0.1) is 5.92 Å². The van der Waals surface area contributed by atoms with E-state index in [4.69, 9.17) is 15.2 Å². The van der Waals surface area contributed by atoms with E-state index in [1.165, 1.54) is 6.92 Å². The molecule has 1 aliphatic heterocycles. The van der Waals surface area contributed by atoms with Crippen molar-refractivity contribution in [3.63, 3.8) is 0 Å². The van der Waals surface area contributed by atoms with Crippen LogP contribution in [0.15, 0.2) is 0 Å². The van der Waals surface area contributed by atoms with E-state index in [0.29, 0.717) is 11.6 Å². The molecule has 0 aromatic carbocycles. The van der Waals surface area contributed by atoms with Crippen LogP contribution < -0.4 is 21.8 Å². The van der Waals surface area contributed by atoms with Crippen LogP contribution in [0.1, 0.15) is 41.0 Å². The number of epoxide rings is 1. The first kappa shape index (κ1) is 31.9. The molecule has 5 N–H and O–H groups in total. The van der Waals surface area contributed by atoms with Crippen LogP contribution >= 0.6 is 0 Å². The van der Waals surface area contributed by atoms with Gasteiger partial charge in [-0.3, -0.25) is 29.4 Å². The number of likely N-dealkylation sites (N-methyl/N-ethyl adjacent to an activating group) is 1. The van der Waals surface area contributed by atoms with Crippen LogP contribution in [0.25, 0.3) is 0 Å². The van der Waals surface area contributed by atoms with Crippen LogP contribution in [0.5, 0.6) is 0 Å². The number of primary amides is 1. The zero-order chi connectivity index (χ0) is 28.3. The second kappa shape index (κ2) is 15.2. The van der Waals surface area contributed by atoms with Crippen molar-refractivity contribution in [2.24, 2.45) is 11.7 Å². The predicted molar refractivity (Wildman–Crippen MR) is 131 cm³/mol. The summed E-state index contributed by atoms with van der Waals surface area (Å²) in [6.07, 6.45) is -2.40. The van der Waals surface area contributed by atoms with Gasteiger partial charge in [-0.15, -0.1) is 0 Å². The van der Waals surface area contributed by atoms with Crippen molar-refractivity contribution in [1.29, 1.82) is 0 Å². The van der Waals surface area contributed by atoms with Gasteiger partial charge in [-0.1, -0.05) is 13.8 Å². The number of esters is 1. The number of hydrazine groups is 1. The molecule has 0 aromatic heterocycles. The normalized spacial score (nSPS) is 18.8. The molecule has 0 radical (unpaired) electrons. The zero-order valence-electron chi connectivity index (χ0n) is 22.4.